The third-order valence-corrected chi connectivity index (χ3v) is 3.98. The Balaban J connectivity index is 2.36. The first-order valence-corrected chi connectivity index (χ1v) is 7.06. The molecule has 0 atom stereocenters. The molecule has 0 unspecified atom stereocenters. The number of allylic oxidation sites excluding steroid dienone is 2. The molecule has 0 bridgehead atoms. The Morgan fingerprint density at radius 1 is 1.44 bits per heavy atom. The molecule has 18 heavy (non-hydrogen) atoms. The van der Waals surface area contributed by atoms with Crippen molar-refractivity contribution in [2.45, 2.75) is 13.3 Å². The minimum Gasteiger partial charge on any atom is -0.332 e. The van der Waals surface area contributed by atoms with E-state index in [9.17, 15) is 0 Å². The Bertz CT molecular complexity index is 578. The van der Waals surface area contributed by atoms with Gasteiger partial charge in [0, 0.05) is 5.70 Å². The van der Waals surface area contributed by atoms with Crippen LogP contribution in [-0.2, 0) is 0 Å². The van der Waals surface area contributed by atoms with Crippen LogP contribution in [0.25, 0.3) is 10.2 Å². The first kappa shape index (κ1) is 13.4. The molecule has 1 aromatic carbocycles. The topological polar surface area (TPSA) is 24.9 Å². The van der Waals surface area contributed by atoms with Crippen LogP contribution in [0.3, 0.4) is 0 Å². The Labute approximate surface area is 120 Å². The molecule has 0 spiro atoms. The van der Waals surface area contributed by atoms with Crippen molar-refractivity contribution >= 4 is 49.9 Å². The number of thiazole rings is 1. The lowest BCUT2D eigenvalue weighted by Crippen LogP contribution is -1.95. The molecule has 1 aromatic heterocycles. The molecule has 2 aromatic rings. The van der Waals surface area contributed by atoms with Crippen molar-refractivity contribution in [3.05, 3.63) is 46.6 Å². The third kappa shape index (κ3) is 2.86. The number of anilines is 1. The lowest BCUT2D eigenvalue weighted by Gasteiger charge is -2.01. The zero-order chi connectivity index (χ0) is 13.1. The summed E-state index contributed by atoms with van der Waals surface area (Å²) < 4.78 is 1.01. The lowest BCUT2D eigenvalue weighted by atomic mass is 10.3. The first-order valence-electron chi connectivity index (χ1n) is 5.49. The minimum absolute atomic E-state index is 0.522. The molecule has 94 valence electrons. The first-order chi connectivity index (χ1) is 8.63. The second-order valence-electron chi connectivity index (χ2n) is 3.65. The number of nitrogens with zero attached hydrogens (tertiary/aromatic N) is 1. The molecule has 0 saturated heterocycles. The Hall–Kier alpha value is -1.03. The molecule has 0 aliphatic carbocycles. The van der Waals surface area contributed by atoms with Crippen LogP contribution in [0.15, 0.2) is 36.6 Å². The van der Waals surface area contributed by atoms with Gasteiger partial charge in [-0.2, -0.15) is 0 Å². The van der Waals surface area contributed by atoms with Gasteiger partial charge in [-0.3, -0.25) is 0 Å². The molecule has 0 aliphatic rings. The van der Waals surface area contributed by atoms with E-state index in [0.717, 1.165) is 27.5 Å². The highest BCUT2D eigenvalue weighted by Gasteiger charge is 2.07. The molecule has 0 saturated carbocycles. The molecular formula is C13H12Cl2N2S. The van der Waals surface area contributed by atoms with Gasteiger partial charge in [0.2, 0.25) is 0 Å². The van der Waals surface area contributed by atoms with Gasteiger partial charge in [0.25, 0.3) is 0 Å². The number of halogens is 2. The summed E-state index contributed by atoms with van der Waals surface area (Å²) in [7, 11) is 0. The van der Waals surface area contributed by atoms with Crippen LogP contribution in [-0.4, -0.2) is 4.98 Å². The lowest BCUT2D eigenvalue weighted by molar-refractivity contribution is 1.20. The van der Waals surface area contributed by atoms with Crippen molar-refractivity contribution in [2.24, 2.45) is 0 Å². The fourth-order valence-electron chi connectivity index (χ4n) is 1.51. The van der Waals surface area contributed by atoms with Gasteiger partial charge < -0.3 is 5.32 Å². The van der Waals surface area contributed by atoms with Crippen molar-refractivity contribution < 1.29 is 0 Å². The summed E-state index contributed by atoms with van der Waals surface area (Å²) in [6.45, 7) is 5.83. The Kier molecular flexibility index (Phi) is 4.27. The standard InChI is InChI=1S/C13H12Cl2N2S/c1-3-5-8(4-2)16-13-17-11-6-9(14)10(15)7-12(11)18-13/h4-7H,2-3H2,1H3,(H,16,17)/b8-5+. The maximum atomic E-state index is 5.98. The third-order valence-electron chi connectivity index (χ3n) is 2.33. The number of hydrogen-bond acceptors (Lipinski definition) is 3. The molecule has 5 heteroatoms. The average Bonchev–Trinajstić information content (AvgIpc) is 2.70. The zero-order valence-electron chi connectivity index (χ0n) is 9.84. The van der Waals surface area contributed by atoms with Crippen molar-refractivity contribution in [1.82, 2.24) is 4.98 Å². The smallest absolute Gasteiger partial charge is 0.188 e. The fourth-order valence-corrected chi connectivity index (χ4v) is 2.80. The average molecular weight is 299 g/mol. The summed E-state index contributed by atoms with van der Waals surface area (Å²) in [5, 5.41) is 5.10. The van der Waals surface area contributed by atoms with Crippen molar-refractivity contribution in [1.29, 1.82) is 0 Å². The number of hydrogen-bond donors (Lipinski definition) is 1. The zero-order valence-corrected chi connectivity index (χ0v) is 12.2. The number of benzene rings is 1. The highest BCUT2D eigenvalue weighted by Crippen LogP contribution is 2.33. The van der Waals surface area contributed by atoms with Gasteiger partial charge >= 0.3 is 0 Å². The molecule has 0 amide bonds. The van der Waals surface area contributed by atoms with Crippen molar-refractivity contribution in [3.8, 4) is 0 Å². The van der Waals surface area contributed by atoms with Crippen LogP contribution < -0.4 is 5.32 Å². The van der Waals surface area contributed by atoms with E-state index in [4.69, 9.17) is 23.2 Å². The van der Waals surface area contributed by atoms with Gasteiger partial charge in [-0.15, -0.1) is 0 Å². The molecular weight excluding hydrogens is 287 g/mol. The summed E-state index contributed by atoms with van der Waals surface area (Å²) >= 11 is 13.5. The number of rotatable bonds is 4. The predicted molar refractivity (Wildman–Crippen MR) is 81.8 cm³/mol. The molecule has 1 heterocycles. The van der Waals surface area contributed by atoms with Crippen LogP contribution in [0, 0.1) is 0 Å². The molecule has 0 fully saturated rings. The fraction of sp³-hybridized carbons (Fsp3) is 0.154. The van der Waals surface area contributed by atoms with E-state index >= 15 is 0 Å². The second-order valence-corrected chi connectivity index (χ2v) is 5.49. The summed E-state index contributed by atoms with van der Waals surface area (Å²) in [6.07, 6.45) is 4.77. The predicted octanol–water partition coefficient (Wildman–Crippen LogP) is 5.49. The SMILES string of the molecule is C=C/C(=C\CC)Nc1nc2cc(Cl)c(Cl)cc2s1. The molecule has 1 N–H and O–H groups in total. The van der Waals surface area contributed by atoms with Crippen LogP contribution >= 0.6 is 34.5 Å². The van der Waals surface area contributed by atoms with Gasteiger partial charge in [0.15, 0.2) is 5.13 Å². The minimum atomic E-state index is 0.522. The van der Waals surface area contributed by atoms with E-state index in [-0.39, 0.29) is 0 Å². The van der Waals surface area contributed by atoms with Crippen LogP contribution in [0.1, 0.15) is 13.3 Å². The molecule has 2 nitrogen and oxygen atoms in total. The molecule has 0 aliphatic heterocycles. The number of nitrogens with one attached hydrogen (secondary N) is 1. The van der Waals surface area contributed by atoms with Crippen LogP contribution in [0.5, 0.6) is 0 Å². The maximum Gasteiger partial charge on any atom is 0.188 e. The normalized spacial score (nSPS) is 11.8. The summed E-state index contributed by atoms with van der Waals surface area (Å²) in [5.41, 5.74) is 1.80. The Morgan fingerprint density at radius 3 is 2.83 bits per heavy atom. The van der Waals surface area contributed by atoms with Gasteiger partial charge in [-0.1, -0.05) is 54.1 Å². The van der Waals surface area contributed by atoms with E-state index < -0.39 is 0 Å². The van der Waals surface area contributed by atoms with E-state index in [1.54, 1.807) is 12.1 Å². The van der Waals surface area contributed by atoms with Crippen molar-refractivity contribution in [3.63, 3.8) is 0 Å². The largest absolute Gasteiger partial charge is 0.332 e. The quantitative estimate of drug-likeness (QED) is 0.754. The summed E-state index contributed by atoms with van der Waals surface area (Å²) in [4.78, 5) is 4.46. The van der Waals surface area contributed by atoms with Crippen LogP contribution in [0.2, 0.25) is 10.0 Å². The molecule has 0 radical (unpaired) electrons. The van der Waals surface area contributed by atoms with E-state index in [1.807, 2.05) is 6.07 Å². The monoisotopic (exact) mass is 298 g/mol. The second kappa shape index (κ2) is 5.74. The van der Waals surface area contributed by atoms with Crippen LogP contribution in [0.4, 0.5) is 5.13 Å². The summed E-state index contributed by atoms with van der Waals surface area (Å²) in [6, 6.07) is 3.61. The van der Waals surface area contributed by atoms with Gasteiger partial charge in [0.1, 0.15) is 0 Å². The van der Waals surface area contributed by atoms with Gasteiger partial charge in [-0.25, -0.2) is 4.98 Å². The highest BCUT2D eigenvalue weighted by molar-refractivity contribution is 7.22. The maximum absolute atomic E-state index is 5.98. The van der Waals surface area contributed by atoms with Gasteiger partial charge in [-0.05, 0) is 24.6 Å². The van der Waals surface area contributed by atoms with E-state index in [2.05, 4.69) is 29.9 Å². The number of fused-ring (bicyclic) bond motifs is 1. The molecule has 2 rings (SSSR count). The highest BCUT2D eigenvalue weighted by atomic mass is 35.5. The number of aromatic nitrogens is 1. The van der Waals surface area contributed by atoms with Crippen molar-refractivity contribution in [2.75, 3.05) is 5.32 Å². The van der Waals surface area contributed by atoms with Gasteiger partial charge in [0.05, 0.1) is 20.3 Å². The van der Waals surface area contributed by atoms with E-state index in [0.29, 0.717) is 10.0 Å². The summed E-state index contributed by atoms with van der Waals surface area (Å²) in [5.74, 6) is 0. The van der Waals surface area contributed by atoms with E-state index in [1.165, 1.54) is 11.3 Å². The Morgan fingerprint density at radius 2 is 2.17 bits per heavy atom.